The van der Waals surface area contributed by atoms with Gasteiger partial charge in [-0.25, -0.2) is 0 Å². The largest absolute Gasteiger partial charge is 0.485 e. The number of nitrogens with two attached hydrogens (primary N) is 1. The van der Waals surface area contributed by atoms with Gasteiger partial charge < -0.3 is 15.0 Å². The highest BCUT2D eigenvalue weighted by Gasteiger charge is 2.06. The van der Waals surface area contributed by atoms with Crippen molar-refractivity contribution in [3.8, 4) is 5.75 Å². The molecule has 0 saturated carbocycles. The highest BCUT2D eigenvalue weighted by atomic mass is 16.5. The van der Waals surface area contributed by atoms with Gasteiger partial charge in [0.1, 0.15) is 12.4 Å². The lowest BCUT2D eigenvalue weighted by Gasteiger charge is -2.08. The number of ether oxygens (including phenoxy) is 1. The molecule has 90 valence electrons. The zero-order valence-corrected chi connectivity index (χ0v) is 10.1. The Morgan fingerprint density at radius 3 is 2.88 bits per heavy atom. The van der Waals surface area contributed by atoms with Crippen molar-refractivity contribution in [3.63, 3.8) is 0 Å². The van der Waals surface area contributed by atoms with Crippen LogP contribution in [0.2, 0.25) is 0 Å². The number of hydrogen-bond acceptors (Lipinski definition) is 4. The van der Waals surface area contributed by atoms with Crippen LogP contribution < -0.4 is 10.5 Å². The van der Waals surface area contributed by atoms with Crippen molar-refractivity contribution in [2.24, 2.45) is 5.73 Å². The first kappa shape index (κ1) is 11.7. The summed E-state index contributed by atoms with van der Waals surface area (Å²) in [4.78, 5) is 0. The standard InChI is InChI=1S/C13H16N2O2/c1-9-4-3-5-13(10(9)2)16-8-12-6-11(7-14)15-17-12/h3-6H,7-8,14H2,1-2H3. The number of rotatable bonds is 4. The molecular weight excluding hydrogens is 216 g/mol. The van der Waals surface area contributed by atoms with Crippen LogP contribution in [0.15, 0.2) is 28.8 Å². The van der Waals surface area contributed by atoms with Crippen LogP contribution in [-0.4, -0.2) is 5.16 Å². The number of aryl methyl sites for hydroxylation is 1. The van der Waals surface area contributed by atoms with Crippen LogP contribution in [0.25, 0.3) is 0 Å². The molecule has 4 heteroatoms. The summed E-state index contributed by atoms with van der Waals surface area (Å²) < 4.78 is 10.8. The summed E-state index contributed by atoms with van der Waals surface area (Å²) >= 11 is 0. The second kappa shape index (κ2) is 5.01. The first-order valence-corrected chi connectivity index (χ1v) is 5.54. The summed E-state index contributed by atoms with van der Waals surface area (Å²) in [7, 11) is 0. The van der Waals surface area contributed by atoms with Gasteiger partial charge >= 0.3 is 0 Å². The third-order valence-corrected chi connectivity index (χ3v) is 2.74. The summed E-state index contributed by atoms with van der Waals surface area (Å²) in [5.74, 6) is 1.56. The average molecular weight is 232 g/mol. The van der Waals surface area contributed by atoms with Crippen LogP contribution in [0.5, 0.6) is 5.75 Å². The van der Waals surface area contributed by atoms with E-state index in [0.29, 0.717) is 18.9 Å². The van der Waals surface area contributed by atoms with Gasteiger partial charge in [0.05, 0.1) is 5.69 Å². The van der Waals surface area contributed by atoms with E-state index in [1.807, 2.05) is 25.1 Å². The lowest BCUT2D eigenvalue weighted by molar-refractivity contribution is 0.247. The predicted octanol–water partition coefficient (Wildman–Crippen LogP) is 2.33. The van der Waals surface area contributed by atoms with Crippen molar-refractivity contribution in [2.75, 3.05) is 0 Å². The van der Waals surface area contributed by atoms with Crippen molar-refractivity contribution in [2.45, 2.75) is 27.0 Å². The zero-order valence-electron chi connectivity index (χ0n) is 10.1. The average Bonchev–Trinajstić information content (AvgIpc) is 2.79. The van der Waals surface area contributed by atoms with E-state index < -0.39 is 0 Å². The van der Waals surface area contributed by atoms with Gasteiger partial charge in [0.25, 0.3) is 0 Å². The normalized spacial score (nSPS) is 10.5. The predicted molar refractivity (Wildman–Crippen MR) is 64.6 cm³/mol. The highest BCUT2D eigenvalue weighted by molar-refractivity contribution is 5.38. The van der Waals surface area contributed by atoms with Crippen molar-refractivity contribution in [1.82, 2.24) is 5.16 Å². The molecule has 2 rings (SSSR count). The second-order valence-corrected chi connectivity index (χ2v) is 3.98. The Morgan fingerprint density at radius 1 is 1.35 bits per heavy atom. The molecule has 0 aliphatic carbocycles. The minimum atomic E-state index is 0.372. The monoisotopic (exact) mass is 232 g/mol. The van der Waals surface area contributed by atoms with Crippen LogP contribution in [-0.2, 0) is 13.2 Å². The third-order valence-electron chi connectivity index (χ3n) is 2.74. The lowest BCUT2D eigenvalue weighted by Crippen LogP contribution is -1.97. The molecule has 0 atom stereocenters. The van der Waals surface area contributed by atoms with Crippen LogP contribution >= 0.6 is 0 Å². The molecule has 0 radical (unpaired) electrons. The molecule has 2 N–H and O–H groups in total. The maximum absolute atomic E-state index is 5.69. The smallest absolute Gasteiger partial charge is 0.174 e. The first-order chi connectivity index (χ1) is 8.20. The zero-order chi connectivity index (χ0) is 12.3. The maximum Gasteiger partial charge on any atom is 0.174 e. The van der Waals surface area contributed by atoms with Gasteiger partial charge in [0.2, 0.25) is 0 Å². The molecule has 0 aliphatic rings. The molecule has 4 nitrogen and oxygen atoms in total. The van der Waals surface area contributed by atoms with E-state index in [1.54, 1.807) is 0 Å². The van der Waals surface area contributed by atoms with E-state index in [0.717, 1.165) is 17.0 Å². The van der Waals surface area contributed by atoms with Crippen LogP contribution in [0.1, 0.15) is 22.6 Å². The molecule has 0 unspecified atom stereocenters. The number of aromatic nitrogens is 1. The van der Waals surface area contributed by atoms with Crippen LogP contribution in [0.4, 0.5) is 0 Å². The van der Waals surface area contributed by atoms with E-state index in [2.05, 4.69) is 18.1 Å². The lowest BCUT2D eigenvalue weighted by atomic mass is 10.1. The van der Waals surface area contributed by atoms with Gasteiger partial charge in [0.15, 0.2) is 5.76 Å². The Bertz CT molecular complexity index is 506. The molecule has 0 spiro atoms. The molecule has 2 aromatic rings. The Balaban J connectivity index is 2.04. The molecule has 1 aromatic carbocycles. The molecule has 0 bridgehead atoms. The molecule has 17 heavy (non-hydrogen) atoms. The van der Waals surface area contributed by atoms with E-state index in [1.165, 1.54) is 5.56 Å². The summed E-state index contributed by atoms with van der Waals surface area (Å²) in [6, 6.07) is 7.79. The van der Waals surface area contributed by atoms with Gasteiger partial charge in [0, 0.05) is 12.6 Å². The van der Waals surface area contributed by atoms with Crippen molar-refractivity contribution < 1.29 is 9.26 Å². The molecule has 0 fully saturated rings. The van der Waals surface area contributed by atoms with E-state index in [9.17, 15) is 0 Å². The van der Waals surface area contributed by atoms with Gasteiger partial charge in [-0.2, -0.15) is 0 Å². The molecule has 0 saturated heterocycles. The number of hydrogen-bond donors (Lipinski definition) is 1. The summed E-state index contributed by atoms with van der Waals surface area (Å²) in [6.07, 6.45) is 0. The van der Waals surface area contributed by atoms with Gasteiger partial charge in [-0.05, 0) is 31.0 Å². The number of nitrogens with zero attached hydrogens (tertiary/aromatic N) is 1. The fourth-order valence-corrected chi connectivity index (χ4v) is 1.55. The first-order valence-electron chi connectivity index (χ1n) is 5.54. The summed E-state index contributed by atoms with van der Waals surface area (Å²) in [5.41, 5.74) is 8.55. The van der Waals surface area contributed by atoms with Crippen molar-refractivity contribution >= 4 is 0 Å². The van der Waals surface area contributed by atoms with Crippen molar-refractivity contribution in [3.05, 3.63) is 46.8 Å². The molecule has 1 aromatic heterocycles. The van der Waals surface area contributed by atoms with Gasteiger partial charge in [-0.3, -0.25) is 0 Å². The Hall–Kier alpha value is -1.81. The van der Waals surface area contributed by atoms with Gasteiger partial charge in [-0.1, -0.05) is 17.3 Å². The number of benzene rings is 1. The minimum Gasteiger partial charge on any atom is -0.485 e. The Labute approximate surface area is 100 Å². The van der Waals surface area contributed by atoms with E-state index in [-0.39, 0.29) is 0 Å². The minimum absolute atomic E-state index is 0.372. The van der Waals surface area contributed by atoms with Crippen molar-refractivity contribution in [1.29, 1.82) is 0 Å². The fraction of sp³-hybridized carbons (Fsp3) is 0.308. The van der Waals surface area contributed by atoms with Gasteiger partial charge in [-0.15, -0.1) is 0 Å². The molecule has 0 amide bonds. The fourth-order valence-electron chi connectivity index (χ4n) is 1.55. The summed E-state index contributed by atoms with van der Waals surface area (Å²) in [6.45, 7) is 4.85. The van der Waals surface area contributed by atoms with E-state index in [4.69, 9.17) is 15.0 Å². The van der Waals surface area contributed by atoms with E-state index >= 15 is 0 Å². The molecule has 0 aliphatic heterocycles. The Kier molecular flexibility index (Phi) is 3.44. The summed E-state index contributed by atoms with van der Waals surface area (Å²) in [5, 5.41) is 3.81. The Morgan fingerprint density at radius 2 is 2.18 bits per heavy atom. The highest BCUT2D eigenvalue weighted by Crippen LogP contribution is 2.21. The molecular formula is C13H16N2O2. The van der Waals surface area contributed by atoms with Crippen LogP contribution in [0.3, 0.4) is 0 Å². The third kappa shape index (κ3) is 2.65. The van der Waals surface area contributed by atoms with Crippen LogP contribution in [0, 0.1) is 13.8 Å². The quantitative estimate of drug-likeness (QED) is 0.878. The SMILES string of the molecule is Cc1cccc(OCc2cc(CN)no2)c1C. The molecule has 1 heterocycles. The second-order valence-electron chi connectivity index (χ2n) is 3.98. The maximum atomic E-state index is 5.69. The topological polar surface area (TPSA) is 61.3 Å².